The number of thiazole rings is 3. The number of methoxy groups -OCH3 is 13. The number of imidazole rings is 3. The Morgan fingerprint density at radius 1 is 0.282 bits per heavy atom. The highest BCUT2D eigenvalue weighted by molar-refractivity contribution is 7.08. The van der Waals surface area contributed by atoms with Crippen LogP contribution in [0.4, 0.5) is 34.9 Å². The minimum absolute atomic E-state index is 0.234. The van der Waals surface area contributed by atoms with Gasteiger partial charge in [-0.3, -0.25) is 28.8 Å². The van der Waals surface area contributed by atoms with Gasteiger partial charge in [0.2, 0.25) is 0 Å². The van der Waals surface area contributed by atoms with Gasteiger partial charge in [0.1, 0.15) is 86.7 Å². The van der Waals surface area contributed by atoms with Gasteiger partial charge in [-0.05, 0) is 78.9 Å². The minimum Gasteiger partial charge on any atom is -0.497 e. The number of nitrogens with zero attached hydrogens (tertiary/aromatic N) is 6. The van der Waals surface area contributed by atoms with Gasteiger partial charge in [-0.25, -0.2) is 29.9 Å². The quantitative estimate of drug-likeness (QED) is 0.0257. The Hall–Kier alpha value is -13.9. The van der Waals surface area contributed by atoms with E-state index in [2.05, 4.69) is 76.8 Å². The number of ether oxygens (including phenoxy) is 13. The van der Waals surface area contributed by atoms with Gasteiger partial charge in [-0.2, -0.15) is 0 Å². The zero-order chi connectivity index (χ0) is 79.3. The largest absolute Gasteiger partial charge is 0.497 e. The fraction of sp³-hybridized carbons (Fsp3) is 0.178. The van der Waals surface area contributed by atoms with Crippen molar-refractivity contribution in [3.8, 4) is 74.7 Å². The molecule has 0 atom stereocenters. The number of amides is 6. The van der Waals surface area contributed by atoms with Crippen LogP contribution in [0.15, 0.2) is 173 Å². The van der Waals surface area contributed by atoms with E-state index >= 15 is 0 Å². The number of aromatic nitrogens is 9. The third kappa shape index (κ3) is 24.3. The molecule has 0 saturated heterocycles. The molecular weight excluding hydrogens is 1490 g/mol. The van der Waals surface area contributed by atoms with Crippen LogP contribution in [-0.4, -0.2) is 173 Å². The summed E-state index contributed by atoms with van der Waals surface area (Å²) in [7, 11) is 19.8. The summed E-state index contributed by atoms with van der Waals surface area (Å²) in [4.78, 5) is 104. The second-order valence-corrected chi connectivity index (χ2v) is 23.1. The van der Waals surface area contributed by atoms with E-state index in [9.17, 15) is 28.8 Å². The smallest absolute Gasteiger partial charge is 0.260 e. The van der Waals surface area contributed by atoms with E-state index in [-0.39, 0.29) is 35.4 Å². The highest BCUT2D eigenvalue weighted by atomic mass is 32.1. The lowest BCUT2D eigenvalue weighted by Gasteiger charge is -2.13. The fourth-order valence-electron chi connectivity index (χ4n) is 9.06. The van der Waals surface area contributed by atoms with Crippen molar-refractivity contribution in [3.63, 3.8) is 0 Å². The van der Waals surface area contributed by atoms with Crippen molar-refractivity contribution in [2.24, 2.45) is 0 Å². The first-order chi connectivity index (χ1) is 53.4. The molecule has 0 aliphatic carbocycles. The molecule has 6 aromatic carbocycles. The van der Waals surface area contributed by atoms with Crippen molar-refractivity contribution in [1.82, 2.24) is 44.9 Å². The molecule has 6 aromatic heterocycles. The van der Waals surface area contributed by atoms with E-state index in [1.807, 2.05) is 0 Å². The van der Waals surface area contributed by atoms with E-state index in [0.717, 1.165) is 0 Å². The third-order valence-electron chi connectivity index (χ3n) is 14.5. The maximum absolute atomic E-state index is 12.2. The molecule has 9 N–H and O–H groups in total. The summed E-state index contributed by atoms with van der Waals surface area (Å²) in [5.74, 6) is 8.19. The molecular formula is C73H77N15O19S3. The molecule has 576 valence electrons. The van der Waals surface area contributed by atoms with E-state index in [1.165, 1.54) is 128 Å². The van der Waals surface area contributed by atoms with Crippen LogP contribution in [-0.2, 0) is 0 Å². The number of carbonyl (C=O) groups is 6. The van der Waals surface area contributed by atoms with Gasteiger partial charge in [-0.15, -0.1) is 34.0 Å². The number of aromatic amines is 3. The van der Waals surface area contributed by atoms with Crippen LogP contribution in [0.2, 0.25) is 0 Å². The predicted molar refractivity (Wildman–Crippen MR) is 414 cm³/mol. The molecule has 0 unspecified atom stereocenters. The number of anilines is 6. The summed E-state index contributed by atoms with van der Waals surface area (Å²) in [5, 5.41) is 21.4. The van der Waals surface area contributed by atoms with Gasteiger partial charge in [0.15, 0.2) is 23.0 Å². The van der Waals surface area contributed by atoms with Crippen LogP contribution >= 0.6 is 34.0 Å². The molecule has 12 aromatic rings. The first-order valence-corrected chi connectivity index (χ1v) is 34.6. The standard InChI is InChI=1S/C13H15N3O4.2C12H13N3O3.3C12H12N2O3S/c1-18-9-5-11(20-3)10(19-2)4-8(9)13(17)16-12-6-14-7-15-12;1-17-8-3-4-10(18-2)9(5-8)12(16)15-11-6-13-7-14-11;1-17-8-3-4-9(10(5-8)18-2)12(16)15-11-6-13-7-14-11;1-16-8-3-4-10(17-2)9(5-8)12(15)14-11-6-18-7-13-11;1-16-8-3-4-9(10(5-8)17-2)12(15)14-11-6-18-7-13-11;1-16-9-4-3-8(5-10(9)17-2)12(15)14-11-6-18-7-13-11/h4-7H,1-3H3,(H,14,15)(H,16,17);2*3-7H,1-2H3,(H,13,14)(H,15,16);3*3-7H,1-2H3,(H,14,15). The zero-order valence-electron chi connectivity index (χ0n) is 61.4. The highest BCUT2D eigenvalue weighted by Gasteiger charge is 2.21. The molecule has 0 spiro atoms. The molecule has 12 rings (SSSR count). The molecule has 0 aliphatic heterocycles. The first-order valence-electron chi connectivity index (χ1n) is 31.8. The van der Waals surface area contributed by atoms with E-state index in [0.29, 0.717) is 143 Å². The van der Waals surface area contributed by atoms with Crippen LogP contribution in [0.25, 0.3) is 0 Å². The van der Waals surface area contributed by atoms with Crippen molar-refractivity contribution in [2.75, 3.05) is 124 Å². The number of carbonyl (C=O) groups excluding carboxylic acids is 6. The summed E-state index contributed by atoms with van der Waals surface area (Å²) in [6.45, 7) is 0. The molecule has 37 heteroatoms. The van der Waals surface area contributed by atoms with Crippen molar-refractivity contribution in [1.29, 1.82) is 0 Å². The first kappa shape index (κ1) is 83.3. The van der Waals surface area contributed by atoms with Crippen molar-refractivity contribution >= 4 is 104 Å². The Morgan fingerprint density at radius 2 is 0.582 bits per heavy atom. The molecule has 34 nitrogen and oxygen atoms in total. The SMILES string of the molecule is COc1cc(OC)c(C(=O)Nc2cnc[nH]2)cc1OC.COc1ccc(C(=O)Nc2cnc[nH]2)c(OC)c1.COc1ccc(C(=O)Nc2cscn2)c(OC)c1.COc1ccc(C(=O)Nc2cscn2)cc1OC.COc1ccc(OC)c(C(=O)Nc2cnc[nH]2)c1.COc1ccc(OC)c(C(=O)Nc2cscn2)c1. The fourth-order valence-corrected chi connectivity index (χ4v) is 10.5. The molecule has 6 amide bonds. The van der Waals surface area contributed by atoms with E-state index in [1.54, 1.807) is 171 Å². The monoisotopic (exact) mass is 1560 g/mol. The maximum Gasteiger partial charge on any atom is 0.260 e. The molecule has 0 saturated carbocycles. The molecule has 6 heterocycles. The second-order valence-electron chi connectivity index (χ2n) is 21.0. The predicted octanol–water partition coefficient (Wildman–Crippen LogP) is 12.3. The maximum atomic E-state index is 12.2. The normalized spacial score (nSPS) is 9.90. The van der Waals surface area contributed by atoms with Gasteiger partial charge < -0.3 is 108 Å². The number of benzene rings is 6. The Labute approximate surface area is 642 Å². The van der Waals surface area contributed by atoms with E-state index < -0.39 is 0 Å². The third-order valence-corrected chi connectivity index (χ3v) is 16.2. The number of hydrogen-bond acceptors (Lipinski definition) is 28. The molecule has 0 fully saturated rings. The van der Waals surface area contributed by atoms with Crippen molar-refractivity contribution in [3.05, 3.63) is 207 Å². The number of hydrogen-bond donors (Lipinski definition) is 9. The number of H-pyrrole nitrogens is 3. The van der Waals surface area contributed by atoms with Crippen LogP contribution in [0.3, 0.4) is 0 Å². The van der Waals surface area contributed by atoms with Crippen molar-refractivity contribution in [2.45, 2.75) is 0 Å². The Bertz CT molecular complexity index is 4660. The van der Waals surface area contributed by atoms with Crippen LogP contribution < -0.4 is 93.5 Å². The average Bonchev–Trinajstić information content (AvgIpc) is 1.07. The summed E-state index contributed by atoms with van der Waals surface area (Å²) < 4.78 is 66.7. The second kappa shape index (κ2) is 43.5. The Balaban J connectivity index is 0.000000184. The Kier molecular flexibility index (Phi) is 32.9. The number of rotatable bonds is 25. The van der Waals surface area contributed by atoms with Crippen LogP contribution in [0.5, 0.6) is 74.7 Å². The van der Waals surface area contributed by atoms with Crippen LogP contribution in [0.1, 0.15) is 62.1 Å². The summed E-state index contributed by atoms with van der Waals surface area (Å²) >= 11 is 4.25. The zero-order valence-corrected chi connectivity index (χ0v) is 63.9. The molecule has 0 radical (unpaired) electrons. The lowest BCUT2D eigenvalue weighted by molar-refractivity contribution is 0.101. The van der Waals surface area contributed by atoms with Gasteiger partial charge >= 0.3 is 0 Å². The van der Waals surface area contributed by atoms with Gasteiger partial charge in [0.05, 0.1) is 174 Å². The lowest BCUT2D eigenvalue weighted by atomic mass is 10.1. The summed E-state index contributed by atoms with van der Waals surface area (Å²) in [6, 6.07) is 28.2. The topological polar surface area (TPSA) is 419 Å². The summed E-state index contributed by atoms with van der Waals surface area (Å²) in [6.07, 6.45) is 8.99. The Morgan fingerprint density at radius 3 is 0.927 bits per heavy atom. The highest BCUT2D eigenvalue weighted by Crippen LogP contribution is 2.36. The summed E-state index contributed by atoms with van der Waals surface area (Å²) in [5.41, 5.74) is 7.44. The van der Waals surface area contributed by atoms with Crippen LogP contribution in [0, 0.1) is 0 Å². The van der Waals surface area contributed by atoms with Gasteiger partial charge in [0, 0.05) is 46.0 Å². The van der Waals surface area contributed by atoms with Gasteiger partial charge in [0.25, 0.3) is 35.4 Å². The molecule has 110 heavy (non-hydrogen) atoms. The lowest BCUT2D eigenvalue weighted by Crippen LogP contribution is -2.14. The number of nitrogens with one attached hydrogen (secondary N) is 9. The average molecular weight is 1560 g/mol. The van der Waals surface area contributed by atoms with Crippen molar-refractivity contribution < 1.29 is 90.3 Å². The minimum atomic E-state index is -0.341. The van der Waals surface area contributed by atoms with Gasteiger partial charge in [-0.1, -0.05) is 0 Å². The van der Waals surface area contributed by atoms with E-state index in [4.69, 9.17) is 61.6 Å². The molecule has 0 bridgehead atoms. The molecule has 0 aliphatic rings.